The number of piperidine rings is 1. The van der Waals surface area contributed by atoms with E-state index in [4.69, 9.17) is 4.74 Å². The van der Waals surface area contributed by atoms with Gasteiger partial charge in [-0.05, 0) is 49.6 Å². The van der Waals surface area contributed by atoms with E-state index in [-0.39, 0.29) is 23.0 Å². The van der Waals surface area contributed by atoms with Gasteiger partial charge in [0.25, 0.3) is 0 Å². The molecule has 11 heteroatoms. The second-order valence-corrected chi connectivity index (χ2v) is 8.89. The van der Waals surface area contributed by atoms with Crippen molar-refractivity contribution in [1.29, 1.82) is 0 Å². The lowest BCUT2D eigenvalue weighted by Crippen LogP contribution is -2.53. The van der Waals surface area contributed by atoms with E-state index in [1.165, 1.54) is 42.4 Å². The lowest BCUT2D eigenvalue weighted by molar-refractivity contribution is -0.121. The largest absolute Gasteiger partial charge is 0.480 e. The maximum atomic E-state index is 15.0. The van der Waals surface area contributed by atoms with E-state index in [1.807, 2.05) is 6.26 Å². The van der Waals surface area contributed by atoms with Gasteiger partial charge in [-0.25, -0.2) is 19.2 Å². The number of carbonyl (C=O) groups excluding carboxylic acids is 2. The Kier molecular flexibility index (Phi) is 6.99. The molecule has 1 aliphatic carbocycles. The summed E-state index contributed by atoms with van der Waals surface area (Å²) in [6.45, 7) is 1.19. The third kappa shape index (κ3) is 5.19. The molecule has 2 aromatic rings. The summed E-state index contributed by atoms with van der Waals surface area (Å²) < 4.78 is 23.2. The van der Waals surface area contributed by atoms with Crippen LogP contribution in [0, 0.1) is 5.82 Å². The first-order valence-corrected chi connectivity index (χ1v) is 12.0. The topological polar surface area (TPSA) is 108 Å². The van der Waals surface area contributed by atoms with E-state index >= 15 is 4.39 Å². The highest BCUT2D eigenvalue weighted by atomic mass is 32.2. The summed E-state index contributed by atoms with van der Waals surface area (Å²) in [5, 5.41) is 5.24. The fourth-order valence-electron chi connectivity index (χ4n) is 4.07. The number of amides is 3. The molecule has 2 heterocycles. The maximum absolute atomic E-state index is 15.0. The van der Waals surface area contributed by atoms with Gasteiger partial charge in [0.1, 0.15) is 11.9 Å². The van der Waals surface area contributed by atoms with E-state index in [0.717, 1.165) is 12.8 Å². The molecular formula is C22H27FN6O3S. The van der Waals surface area contributed by atoms with Crippen LogP contribution in [0.5, 0.6) is 5.88 Å². The molecule has 176 valence electrons. The fraction of sp³-hybridized carbons (Fsp3) is 0.455. The van der Waals surface area contributed by atoms with Gasteiger partial charge >= 0.3 is 6.03 Å². The van der Waals surface area contributed by atoms with E-state index in [0.29, 0.717) is 43.1 Å². The number of aromatic nitrogens is 2. The Bertz CT molecular complexity index is 1020. The number of anilines is 2. The second kappa shape index (κ2) is 9.92. The molecule has 9 nitrogen and oxygen atoms in total. The molecule has 1 aliphatic heterocycles. The minimum absolute atomic E-state index is 0.163. The van der Waals surface area contributed by atoms with Gasteiger partial charge in [0, 0.05) is 24.2 Å². The molecule has 1 atom stereocenters. The molecule has 1 aromatic carbocycles. The number of hydrogen-bond acceptors (Lipinski definition) is 7. The summed E-state index contributed by atoms with van der Waals surface area (Å²) in [4.78, 5) is 34.9. The molecule has 3 N–H and O–H groups in total. The first-order valence-electron chi connectivity index (χ1n) is 10.8. The van der Waals surface area contributed by atoms with Gasteiger partial charge in [0.2, 0.25) is 11.8 Å². The SMILES string of the molecule is COc1cnc(NC(=O)NC2CCCN(c3ccc(C4(CNSC)CC4)c(F)c3)C2=O)cn1. The van der Waals surface area contributed by atoms with Crippen LogP contribution in [0.2, 0.25) is 0 Å². The van der Waals surface area contributed by atoms with Crippen molar-refractivity contribution in [1.82, 2.24) is 20.0 Å². The normalized spacial score (nSPS) is 19.2. The number of hydrogen-bond donors (Lipinski definition) is 3. The zero-order chi connectivity index (χ0) is 23.4. The van der Waals surface area contributed by atoms with Crippen molar-refractivity contribution < 1.29 is 18.7 Å². The molecule has 1 aromatic heterocycles. The number of nitrogens with one attached hydrogen (secondary N) is 3. The zero-order valence-electron chi connectivity index (χ0n) is 18.6. The summed E-state index contributed by atoms with van der Waals surface area (Å²) in [6, 6.07) is 3.74. The van der Waals surface area contributed by atoms with Gasteiger partial charge in [-0.15, -0.1) is 0 Å². The molecule has 0 bridgehead atoms. The van der Waals surface area contributed by atoms with E-state index in [9.17, 15) is 9.59 Å². The van der Waals surface area contributed by atoms with Crippen LogP contribution in [-0.4, -0.2) is 54.4 Å². The average Bonchev–Trinajstić information content (AvgIpc) is 3.60. The molecule has 2 aliphatic rings. The van der Waals surface area contributed by atoms with Crippen LogP contribution in [0.3, 0.4) is 0 Å². The third-order valence-corrected chi connectivity index (χ3v) is 6.50. The minimum Gasteiger partial charge on any atom is -0.480 e. The van der Waals surface area contributed by atoms with Gasteiger partial charge in [-0.2, -0.15) is 0 Å². The molecule has 2 fully saturated rings. The molecule has 1 saturated heterocycles. The van der Waals surface area contributed by atoms with E-state index < -0.39 is 12.1 Å². The Morgan fingerprint density at radius 1 is 1.33 bits per heavy atom. The van der Waals surface area contributed by atoms with Crippen molar-refractivity contribution in [2.75, 3.05) is 36.7 Å². The fourth-order valence-corrected chi connectivity index (χ4v) is 4.49. The van der Waals surface area contributed by atoms with Crippen LogP contribution in [0.25, 0.3) is 0 Å². The number of ether oxygens (including phenoxy) is 1. The van der Waals surface area contributed by atoms with Gasteiger partial charge in [-0.3, -0.25) is 14.8 Å². The predicted octanol–water partition coefficient (Wildman–Crippen LogP) is 2.84. The highest BCUT2D eigenvalue weighted by Crippen LogP contribution is 2.49. The number of carbonyl (C=O) groups is 2. The van der Waals surface area contributed by atoms with Crippen molar-refractivity contribution in [3.8, 4) is 5.88 Å². The minimum atomic E-state index is -0.715. The highest BCUT2D eigenvalue weighted by Gasteiger charge is 2.45. The highest BCUT2D eigenvalue weighted by molar-refractivity contribution is 7.96. The number of benzene rings is 1. The first kappa shape index (κ1) is 23.2. The standard InChI is InChI=1S/C22H27FN6O3S/c1-32-19-12-24-18(11-25-19)28-21(31)27-17-4-3-9-29(20(17)30)14-5-6-15(16(23)10-14)22(7-8-22)13-26-33-2/h5-6,10-12,17,26H,3-4,7-9,13H2,1-2H3,(H2,24,27,28,31). The van der Waals surface area contributed by atoms with Crippen LogP contribution in [-0.2, 0) is 10.2 Å². The van der Waals surface area contributed by atoms with Crippen molar-refractivity contribution >= 4 is 35.4 Å². The maximum Gasteiger partial charge on any atom is 0.321 e. The Morgan fingerprint density at radius 3 is 2.79 bits per heavy atom. The molecule has 4 rings (SSSR count). The Morgan fingerprint density at radius 2 is 2.15 bits per heavy atom. The van der Waals surface area contributed by atoms with Gasteiger partial charge in [0.15, 0.2) is 5.82 Å². The Labute approximate surface area is 196 Å². The van der Waals surface area contributed by atoms with E-state index in [1.54, 1.807) is 12.1 Å². The quantitative estimate of drug-likeness (QED) is 0.505. The molecule has 0 spiro atoms. The number of rotatable bonds is 8. The van der Waals surface area contributed by atoms with Crippen LogP contribution in [0.1, 0.15) is 31.2 Å². The first-order chi connectivity index (χ1) is 16.0. The Balaban J connectivity index is 1.40. The molecule has 3 amide bonds. The van der Waals surface area contributed by atoms with Gasteiger partial charge in [-0.1, -0.05) is 18.0 Å². The van der Waals surface area contributed by atoms with Crippen LogP contribution >= 0.6 is 11.9 Å². The number of halogens is 1. The third-order valence-electron chi connectivity index (χ3n) is 6.07. The summed E-state index contributed by atoms with van der Waals surface area (Å²) in [6.07, 6.45) is 7.76. The summed E-state index contributed by atoms with van der Waals surface area (Å²) in [7, 11) is 1.47. The van der Waals surface area contributed by atoms with Crippen LogP contribution in [0.15, 0.2) is 30.6 Å². The van der Waals surface area contributed by atoms with Crippen molar-refractivity contribution in [2.45, 2.75) is 37.1 Å². The van der Waals surface area contributed by atoms with Crippen LogP contribution < -0.4 is 25.0 Å². The molecule has 1 saturated carbocycles. The molecule has 33 heavy (non-hydrogen) atoms. The van der Waals surface area contributed by atoms with Crippen molar-refractivity contribution in [3.05, 3.63) is 42.0 Å². The van der Waals surface area contributed by atoms with E-state index in [2.05, 4.69) is 25.3 Å². The number of methoxy groups -OCH3 is 1. The van der Waals surface area contributed by atoms with Crippen molar-refractivity contribution in [3.63, 3.8) is 0 Å². The summed E-state index contributed by atoms with van der Waals surface area (Å²) in [5.41, 5.74) is 1.03. The summed E-state index contributed by atoms with van der Waals surface area (Å²) >= 11 is 1.52. The lowest BCUT2D eigenvalue weighted by Gasteiger charge is -2.33. The second-order valence-electron chi connectivity index (χ2n) is 8.20. The monoisotopic (exact) mass is 474 g/mol. The molecule has 0 radical (unpaired) electrons. The van der Waals surface area contributed by atoms with Gasteiger partial charge < -0.3 is 15.0 Å². The molecule has 1 unspecified atom stereocenters. The van der Waals surface area contributed by atoms with Crippen molar-refractivity contribution in [2.24, 2.45) is 0 Å². The summed E-state index contributed by atoms with van der Waals surface area (Å²) in [5.74, 6) is -0.0115. The van der Waals surface area contributed by atoms with Crippen LogP contribution in [0.4, 0.5) is 20.7 Å². The van der Waals surface area contributed by atoms with Gasteiger partial charge in [0.05, 0.1) is 19.5 Å². The molecular weight excluding hydrogens is 447 g/mol. The zero-order valence-corrected chi connectivity index (χ0v) is 19.4. The average molecular weight is 475 g/mol. The predicted molar refractivity (Wildman–Crippen MR) is 125 cm³/mol. The smallest absolute Gasteiger partial charge is 0.321 e. The Hall–Kier alpha value is -2.92. The number of urea groups is 1. The number of nitrogens with zero attached hydrogens (tertiary/aromatic N) is 3. The lowest BCUT2D eigenvalue weighted by atomic mass is 9.94.